The first-order chi connectivity index (χ1) is 9.63. The minimum atomic E-state index is -0.341. The molecule has 1 rings (SSSR count). The lowest BCUT2D eigenvalue weighted by atomic mass is 10.2. The lowest BCUT2D eigenvalue weighted by Gasteiger charge is -2.04. The first kappa shape index (κ1) is 15.8. The second-order valence-corrected chi connectivity index (χ2v) is 4.04. The van der Waals surface area contributed by atoms with Gasteiger partial charge in [0, 0.05) is 37.3 Å². The van der Waals surface area contributed by atoms with Gasteiger partial charge in [0.1, 0.15) is 0 Å². The van der Waals surface area contributed by atoms with E-state index in [1.54, 1.807) is 26.2 Å². The third-order valence-corrected chi connectivity index (χ3v) is 2.34. The van der Waals surface area contributed by atoms with Gasteiger partial charge in [0.15, 0.2) is 0 Å². The number of ether oxygens (including phenoxy) is 1. The molecule has 0 atom stereocenters. The third kappa shape index (κ3) is 6.05. The largest absolute Gasteiger partial charge is 0.383 e. The van der Waals surface area contributed by atoms with Gasteiger partial charge in [-0.3, -0.25) is 14.6 Å². The fourth-order valence-electron chi connectivity index (χ4n) is 1.34. The van der Waals surface area contributed by atoms with Crippen LogP contribution in [-0.4, -0.2) is 42.8 Å². The molecule has 0 radical (unpaired) electrons. The summed E-state index contributed by atoms with van der Waals surface area (Å²) in [6, 6.07) is 3.16. The highest BCUT2D eigenvalue weighted by Gasteiger charge is 2.05. The topological polar surface area (TPSA) is 92.7 Å². The molecule has 7 heteroatoms. The van der Waals surface area contributed by atoms with E-state index in [0.29, 0.717) is 24.4 Å². The standard InChI is InChI=1S/C13H18N4O3/c1-10(9-12(18)15-7-8-20-2)16-17-13(19)11-3-5-14-6-4-11/h3-6H,7-9H2,1-2H3,(H,15,18)(H,17,19). The van der Waals surface area contributed by atoms with Crippen LogP contribution in [0, 0.1) is 0 Å². The summed E-state index contributed by atoms with van der Waals surface area (Å²) >= 11 is 0. The molecule has 0 unspecified atom stereocenters. The van der Waals surface area contributed by atoms with Crippen LogP contribution < -0.4 is 10.7 Å². The maximum Gasteiger partial charge on any atom is 0.271 e. The summed E-state index contributed by atoms with van der Waals surface area (Å²) in [6.45, 7) is 2.58. The Hall–Kier alpha value is -2.28. The number of pyridine rings is 1. The third-order valence-electron chi connectivity index (χ3n) is 2.34. The first-order valence-electron chi connectivity index (χ1n) is 6.12. The number of carbonyl (C=O) groups excluding carboxylic acids is 2. The molecule has 108 valence electrons. The normalized spacial score (nSPS) is 11.0. The SMILES string of the molecule is COCCNC(=O)CC(C)=NNC(=O)c1ccncc1. The number of carbonyl (C=O) groups is 2. The lowest BCUT2D eigenvalue weighted by molar-refractivity contribution is -0.120. The van der Waals surface area contributed by atoms with E-state index in [4.69, 9.17) is 4.74 Å². The second-order valence-electron chi connectivity index (χ2n) is 4.04. The van der Waals surface area contributed by atoms with Crippen LogP contribution in [0.4, 0.5) is 0 Å². The Morgan fingerprint density at radius 2 is 2.05 bits per heavy atom. The minimum absolute atomic E-state index is 0.125. The molecule has 1 heterocycles. The highest BCUT2D eigenvalue weighted by Crippen LogP contribution is 1.95. The molecule has 2 amide bonds. The maximum atomic E-state index is 11.7. The van der Waals surface area contributed by atoms with Crippen LogP contribution in [0.1, 0.15) is 23.7 Å². The molecule has 1 aromatic rings. The number of aromatic nitrogens is 1. The van der Waals surface area contributed by atoms with Crippen molar-refractivity contribution in [3.05, 3.63) is 30.1 Å². The molecule has 0 fully saturated rings. The molecule has 0 aliphatic carbocycles. The zero-order valence-electron chi connectivity index (χ0n) is 11.5. The van der Waals surface area contributed by atoms with E-state index in [1.807, 2.05) is 0 Å². The van der Waals surface area contributed by atoms with Crippen molar-refractivity contribution in [1.29, 1.82) is 0 Å². The van der Waals surface area contributed by atoms with Gasteiger partial charge in [0.25, 0.3) is 5.91 Å². The summed E-state index contributed by atoms with van der Waals surface area (Å²) in [5.74, 6) is -0.506. The first-order valence-corrected chi connectivity index (χ1v) is 6.12. The Kier molecular flexibility index (Phi) is 6.91. The molecule has 2 N–H and O–H groups in total. The van der Waals surface area contributed by atoms with Gasteiger partial charge in [-0.05, 0) is 19.1 Å². The predicted molar refractivity (Wildman–Crippen MR) is 74.3 cm³/mol. The van der Waals surface area contributed by atoms with Crippen molar-refractivity contribution in [2.24, 2.45) is 5.10 Å². The molecule has 7 nitrogen and oxygen atoms in total. The van der Waals surface area contributed by atoms with E-state index >= 15 is 0 Å². The Morgan fingerprint density at radius 3 is 2.70 bits per heavy atom. The number of amides is 2. The second kappa shape index (κ2) is 8.76. The molecule has 1 aromatic heterocycles. The van der Waals surface area contributed by atoms with Gasteiger partial charge in [-0.1, -0.05) is 0 Å². The van der Waals surface area contributed by atoms with Crippen LogP contribution in [-0.2, 0) is 9.53 Å². The van der Waals surface area contributed by atoms with Crippen LogP contribution in [0.5, 0.6) is 0 Å². The Labute approximate surface area is 117 Å². The zero-order chi connectivity index (χ0) is 14.8. The summed E-state index contributed by atoms with van der Waals surface area (Å²) in [6.07, 6.45) is 3.17. The molecule has 0 saturated carbocycles. The summed E-state index contributed by atoms with van der Waals surface area (Å²) in [5.41, 5.74) is 3.36. The van der Waals surface area contributed by atoms with Crippen LogP contribution in [0.2, 0.25) is 0 Å². The van der Waals surface area contributed by atoms with E-state index in [9.17, 15) is 9.59 Å². The van der Waals surface area contributed by atoms with E-state index in [2.05, 4.69) is 20.8 Å². The van der Waals surface area contributed by atoms with Crippen LogP contribution >= 0.6 is 0 Å². The quantitative estimate of drug-likeness (QED) is 0.427. The zero-order valence-corrected chi connectivity index (χ0v) is 11.5. The van der Waals surface area contributed by atoms with Crippen molar-refractivity contribution in [3.8, 4) is 0 Å². The Morgan fingerprint density at radius 1 is 1.35 bits per heavy atom. The molecular formula is C13H18N4O3. The smallest absolute Gasteiger partial charge is 0.271 e. The van der Waals surface area contributed by atoms with Gasteiger partial charge in [-0.2, -0.15) is 5.10 Å². The number of hydrazone groups is 1. The summed E-state index contributed by atoms with van der Waals surface area (Å²) in [4.78, 5) is 27.0. The Balaban J connectivity index is 2.38. The number of methoxy groups -OCH3 is 1. The lowest BCUT2D eigenvalue weighted by Crippen LogP contribution is -2.29. The fourth-order valence-corrected chi connectivity index (χ4v) is 1.34. The highest BCUT2D eigenvalue weighted by molar-refractivity contribution is 6.01. The Bertz CT molecular complexity index is 474. The molecule has 0 saturated heterocycles. The van der Waals surface area contributed by atoms with Gasteiger partial charge >= 0.3 is 0 Å². The van der Waals surface area contributed by atoms with Gasteiger partial charge in [0.2, 0.25) is 5.91 Å². The number of nitrogens with one attached hydrogen (secondary N) is 2. The maximum absolute atomic E-state index is 11.7. The van der Waals surface area contributed by atoms with Crippen LogP contribution in [0.15, 0.2) is 29.6 Å². The van der Waals surface area contributed by atoms with Gasteiger partial charge in [0.05, 0.1) is 13.0 Å². The van der Waals surface area contributed by atoms with E-state index in [1.165, 1.54) is 12.4 Å². The van der Waals surface area contributed by atoms with Crippen molar-refractivity contribution in [2.45, 2.75) is 13.3 Å². The van der Waals surface area contributed by atoms with Crippen molar-refractivity contribution in [2.75, 3.05) is 20.3 Å². The number of hydrogen-bond donors (Lipinski definition) is 2. The van der Waals surface area contributed by atoms with Gasteiger partial charge in [-0.25, -0.2) is 5.43 Å². The molecular weight excluding hydrogens is 260 g/mol. The molecule has 0 aromatic carbocycles. The van der Waals surface area contributed by atoms with Crippen LogP contribution in [0.3, 0.4) is 0 Å². The number of hydrogen-bond acceptors (Lipinski definition) is 5. The number of rotatable bonds is 7. The van der Waals surface area contributed by atoms with Crippen molar-refractivity contribution in [3.63, 3.8) is 0 Å². The summed E-state index contributed by atoms with van der Waals surface area (Å²) < 4.78 is 4.82. The van der Waals surface area contributed by atoms with E-state index in [-0.39, 0.29) is 18.2 Å². The predicted octanol–water partition coefficient (Wildman–Crippen LogP) is 0.340. The van der Waals surface area contributed by atoms with Gasteiger partial charge in [-0.15, -0.1) is 0 Å². The van der Waals surface area contributed by atoms with Gasteiger partial charge < -0.3 is 10.1 Å². The minimum Gasteiger partial charge on any atom is -0.383 e. The molecule has 0 spiro atoms. The highest BCUT2D eigenvalue weighted by atomic mass is 16.5. The van der Waals surface area contributed by atoms with Crippen molar-refractivity contribution in [1.82, 2.24) is 15.7 Å². The summed E-state index contributed by atoms with van der Waals surface area (Å²) in [7, 11) is 1.56. The average Bonchev–Trinajstić information content (AvgIpc) is 2.46. The summed E-state index contributed by atoms with van der Waals surface area (Å²) in [5, 5.41) is 6.54. The molecule has 0 bridgehead atoms. The van der Waals surface area contributed by atoms with Crippen molar-refractivity contribution < 1.29 is 14.3 Å². The van der Waals surface area contributed by atoms with E-state index < -0.39 is 0 Å². The monoisotopic (exact) mass is 278 g/mol. The van der Waals surface area contributed by atoms with Crippen LogP contribution in [0.25, 0.3) is 0 Å². The molecule has 0 aliphatic rings. The fraction of sp³-hybridized carbons (Fsp3) is 0.385. The molecule has 20 heavy (non-hydrogen) atoms. The number of nitrogens with zero attached hydrogens (tertiary/aromatic N) is 2. The van der Waals surface area contributed by atoms with E-state index in [0.717, 1.165) is 0 Å². The average molecular weight is 278 g/mol. The molecule has 0 aliphatic heterocycles. The van der Waals surface area contributed by atoms with Crippen molar-refractivity contribution >= 4 is 17.5 Å².